The zero-order valence-corrected chi connectivity index (χ0v) is 16.1. The van der Waals surface area contributed by atoms with Crippen LogP contribution in [0, 0.1) is 0 Å². The van der Waals surface area contributed by atoms with E-state index >= 15 is 0 Å². The summed E-state index contributed by atoms with van der Waals surface area (Å²) in [5.74, 6) is -0.476. The van der Waals surface area contributed by atoms with Gasteiger partial charge in [0.25, 0.3) is 0 Å². The molecule has 0 bridgehead atoms. The molecular formula is C23H26N2O3. The summed E-state index contributed by atoms with van der Waals surface area (Å²) in [6, 6.07) is 18.5. The molecule has 1 aliphatic heterocycles. The Morgan fingerprint density at radius 1 is 1.14 bits per heavy atom. The van der Waals surface area contributed by atoms with Crippen LogP contribution in [0.2, 0.25) is 0 Å². The van der Waals surface area contributed by atoms with E-state index in [0.717, 1.165) is 17.5 Å². The predicted molar refractivity (Wildman–Crippen MR) is 108 cm³/mol. The number of likely N-dealkylation sites (tertiary alicyclic amines) is 1. The van der Waals surface area contributed by atoms with Crippen molar-refractivity contribution in [2.75, 3.05) is 20.1 Å². The summed E-state index contributed by atoms with van der Waals surface area (Å²) in [4.78, 5) is 27.8. The van der Waals surface area contributed by atoms with Crippen molar-refractivity contribution in [3.63, 3.8) is 0 Å². The topological polar surface area (TPSA) is 60.9 Å². The maximum Gasteiger partial charge on any atom is 0.246 e. The summed E-state index contributed by atoms with van der Waals surface area (Å²) < 4.78 is 0. The van der Waals surface area contributed by atoms with Gasteiger partial charge >= 0.3 is 0 Å². The molecular weight excluding hydrogens is 352 g/mol. The van der Waals surface area contributed by atoms with Gasteiger partial charge in [-0.2, -0.15) is 0 Å². The van der Waals surface area contributed by atoms with Crippen molar-refractivity contribution >= 4 is 11.8 Å². The average molecular weight is 378 g/mol. The standard InChI is InChI=1S/C23H26N2O3/c1-3-21(26)24(2)17-22(27)25-16-10-15-20(25)23(28,18-11-6-4-7-12-18)19-13-8-5-9-14-19/h3-9,11-14,20,28H,1,10,15-17H2,2H3/t20-/m1/s1. The molecule has 1 atom stereocenters. The number of aliphatic hydroxyl groups is 1. The average Bonchev–Trinajstić information content (AvgIpc) is 3.24. The first-order chi connectivity index (χ1) is 13.5. The van der Waals surface area contributed by atoms with E-state index in [1.807, 2.05) is 60.7 Å². The van der Waals surface area contributed by atoms with Crippen LogP contribution in [0.15, 0.2) is 73.3 Å². The van der Waals surface area contributed by atoms with Crippen molar-refractivity contribution < 1.29 is 14.7 Å². The zero-order valence-electron chi connectivity index (χ0n) is 16.1. The van der Waals surface area contributed by atoms with Crippen molar-refractivity contribution in [1.82, 2.24) is 9.80 Å². The summed E-state index contributed by atoms with van der Waals surface area (Å²) in [6.07, 6.45) is 2.68. The number of amides is 2. The number of hydrogen-bond acceptors (Lipinski definition) is 3. The number of rotatable bonds is 6. The third-order valence-electron chi connectivity index (χ3n) is 5.41. The van der Waals surface area contributed by atoms with Crippen molar-refractivity contribution in [3.8, 4) is 0 Å². The Morgan fingerprint density at radius 3 is 2.18 bits per heavy atom. The highest BCUT2D eigenvalue weighted by molar-refractivity contribution is 5.90. The molecule has 1 saturated heterocycles. The predicted octanol–water partition coefficient (Wildman–Crippen LogP) is 2.56. The fourth-order valence-corrected chi connectivity index (χ4v) is 3.96. The molecule has 0 unspecified atom stereocenters. The molecule has 146 valence electrons. The summed E-state index contributed by atoms with van der Waals surface area (Å²) in [5.41, 5.74) is 0.179. The highest BCUT2D eigenvalue weighted by Crippen LogP contribution is 2.40. The van der Waals surface area contributed by atoms with Crippen LogP contribution in [0.1, 0.15) is 24.0 Å². The van der Waals surface area contributed by atoms with Gasteiger partial charge in [0, 0.05) is 13.6 Å². The van der Waals surface area contributed by atoms with Gasteiger partial charge in [0.05, 0.1) is 12.6 Å². The second-order valence-electron chi connectivity index (χ2n) is 7.14. The molecule has 1 heterocycles. The Labute approximate surface area is 165 Å². The quantitative estimate of drug-likeness (QED) is 0.786. The van der Waals surface area contributed by atoms with Gasteiger partial charge in [-0.1, -0.05) is 67.2 Å². The molecule has 0 radical (unpaired) electrons. The van der Waals surface area contributed by atoms with Gasteiger partial charge in [-0.25, -0.2) is 0 Å². The summed E-state index contributed by atoms with van der Waals surface area (Å²) in [7, 11) is 1.58. The molecule has 2 amide bonds. The van der Waals surface area contributed by atoms with Gasteiger partial charge in [-0.05, 0) is 30.0 Å². The Balaban J connectivity index is 1.97. The SMILES string of the molecule is C=CC(=O)N(C)CC(=O)N1CCC[C@@H]1C(O)(c1ccccc1)c1ccccc1. The van der Waals surface area contributed by atoms with Crippen LogP contribution in [0.25, 0.3) is 0 Å². The maximum absolute atomic E-state index is 13.0. The number of nitrogens with zero attached hydrogens (tertiary/aromatic N) is 2. The third kappa shape index (κ3) is 3.71. The van der Waals surface area contributed by atoms with Gasteiger partial charge in [0.1, 0.15) is 5.60 Å². The first-order valence-electron chi connectivity index (χ1n) is 9.49. The van der Waals surface area contributed by atoms with E-state index in [1.54, 1.807) is 11.9 Å². The lowest BCUT2D eigenvalue weighted by atomic mass is 9.79. The number of likely N-dealkylation sites (N-methyl/N-ethyl adjacent to an activating group) is 1. The van der Waals surface area contributed by atoms with Crippen LogP contribution in [0.5, 0.6) is 0 Å². The lowest BCUT2D eigenvalue weighted by Crippen LogP contribution is -2.52. The van der Waals surface area contributed by atoms with Crippen LogP contribution in [0.3, 0.4) is 0 Å². The van der Waals surface area contributed by atoms with E-state index in [0.29, 0.717) is 13.0 Å². The van der Waals surface area contributed by atoms with Crippen molar-refractivity contribution in [1.29, 1.82) is 0 Å². The van der Waals surface area contributed by atoms with Gasteiger partial charge in [-0.15, -0.1) is 0 Å². The molecule has 0 saturated carbocycles. The maximum atomic E-state index is 13.0. The van der Waals surface area contributed by atoms with Crippen LogP contribution < -0.4 is 0 Å². The molecule has 2 aromatic rings. The van der Waals surface area contributed by atoms with Crippen LogP contribution in [-0.4, -0.2) is 52.9 Å². The minimum Gasteiger partial charge on any atom is -0.378 e. The smallest absolute Gasteiger partial charge is 0.246 e. The largest absolute Gasteiger partial charge is 0.378 e. The fraction of sp³-hybridized carbons (Fsp3) is 0.304. The number of carbonyl (C=O) groups is 2. The van der Waals surface area contributed by atoms with E-state index in [4.69, 9.17) is 0 Å². The molecule has 1 fully saturated rings. The Hall–Kier alpha value is -2.92. The van der Waals surface area contributed by atoms with E-state index in [1.165, 1.54) is 11.0 Å². The second kappa shape index (κ2) is 8.40. The fourth-order valence-electron chi connectivity index (χ4n) is 3.96. The third-order valence-corrected chi connectivity index (χ3v) is 5.41. The Morgan fingerprint density at radius 2 is 1.68 bits per heavy atom. The van der Waals surface area contributed by atoms with Gasteiger partial charge < -0.3 is 14.9 Å². The first kappa shape index (κ1) is 19.8. The molecule has 5 heteroatoms. The minimum atomic E-state index is -1.32. The molecule has 3 rings (SSSR count). The molecule has 0 aliphatic carbocycles. The molecule has 1 aliphatic rings. The van der Waals surface area contributed by atoms with Gasteiger partial charge in [0.2, 0.25) is 11.8 Å². The van der Waals surface area contributed by atoms with Crippen LogP contribution >= 0.6 is 0 Å². The lowest BCUT2D eigenvalue weighted by Gasteiger charge is -2.40. The van der Waals surface area contributed by atoms with Crippen molar-refractivity contribution in [2.45, 2.75) is 24.5 Å². The molecule has 28 heavy (non-hydrogen) atoms. The van der Waals surface area contributed by atoms with Crippen LogP contribution in [0.4, 0.5) is 0 Å². The molecule has 2 aromatic carbocycles. The number of benzene rings is 2. The normalized spacial score (nSPS) is 16.6. The number of carbonyl (C=O) groups excluding carboxylic acids is 2. The second-order valence-corrected chi connectivity index (χ2v) is 7.14. The monoisotopic (exact) mass is 378 g/mol. The molecule has 1 N–H and O–H groups in total. The summed E-state index contributed by atoms with van der Waals surface area (Å²) >= 11 is 0. The van der Waals surface area contributed by atoms with Crippen molar-refractivity contribution in [2.24, 2.45) is 0 Å². The van der Waals surface area contributed by atoms with E-state index < -0.39 is 11.6 Å². The van der Waals surface area contributed by atoms with E-state index in [-0.39, 0.29) is 18.4 Å². The van der Waals surface area contributed by atoms with E-state index in [9.17, 15) is 14.7 Å². The summed E-state index contributed by atoms with van der Waals surface area (Å²) in [6.45, 7) is 3.98. The molecule has 0 aromatic heterocycles. The van der Waals surface area contributed by atoms with Gasteiger partial charge in [0.15, 0.2) is 0 Å². The lowest BCUT2D eigenvalue weighted by molar-refractivity contribution is -0.141. The number of hydrogen-bond donors (Lipinski definition) is 1. The van der Waals surface area contributed by atoms with Crippen molar-refractivity contribution in [3.05, 3.63) is 84.4 Å². The minimum absolute atomic E-state index is 0.0407. The first-order valence-corrected chi connectivity index (χ1v) is 9.49. The zero-order chi connectivity index (χ0) is 20.1. The van der Waals surface area contributed by atoms with Gasteiger partial charge in [-0.3, -0.25) is 9.59 Å². The highest BCUT2D eigenvalue weighted by atomic mass is 16.3. The Kier molecular flexibility index (Phi) is 5.95. The van der Waals surface area contributed by atoms with E-state index in [2.05, 4.69) is 6.58 Å². The molecule has 0 spiro atoms. The van der Waals surface area contributed by atoms with Crippen LogP contribution in [-0.2, 0) is 15.2 Å². The molecule has 5 nitrogen and oxygen atoms in total. The Bertz CT molecular complexity index is 796. The summed E-state index contributed by atoms with van der Waals surface area (Å²) in [5, 5.41) is 12.0. The highest BCUT2D eigenvalue weighted by Gasteiger charge is 2.47.